The van der Waals surface area contributed by atoms with Crippen molar-refractivity contribution in [1.29, 1.82) is 0 Å². The molecule has 0 aliphatic carbocycles. The van der Waals surface area contributed by atoms with Gasteiger partial charge in [-0.05, 0) is 71.1 Å². The van der Waals surface area contributed by atoms with E-state index in [1.165, 1.54) is 22.1 Å². The number of aliphatic carboxylic acids is 1. The molecule has 0 saturated carbocycles. The van der Waals surface area contributed by atoms with Crippen molar-refractivity contribution < 1.29 is 29.6 Å². The minimum Gasteiger partial charge on any atom is -0.508 e. The summed E-state index contributed by atoms with van der Waals surface area (Å²) in [6.45, 7) is 8.19. The smallest absolute Gasteiger partial charge is 0.326 e. The van der Waals surface area contributed by atoms with Gasteiger partial charge < -0.3 is 29.9 Å². The number of aliphatic hydroxyl groups is 1. The third-order valence-corrected chi connectivity index (χ3v) is 8.70. The molecule has 2 aliphatic rings. The number of phenols is 1. The summed E-state index contributed by atoms with van der Waals surface area (Å²) < 4.78 is 6.47. The summed E-state index contributed by atoms with van der Waals surface area (Å²) >= 11 is 0. The summed E-state index contributed by atoms with van der Waals surface area (Å²) in [4.78, 5) is 30.6. The standard InChI is InChI=1S/C34H40N2O6/c1-20(2)9-7-10-21(3)11-8-14-34(4)30(38)17-25-29(37)16-24-26(31(25)42-34)19-36(32(24)39)28(33(40)41)15-22-18-35-27-13-6-5-12-23(22)27/h5-6,9,11-13,16,18,28,30,35,37-38H,7-8,10,14-15,17,19H2,1-4H3,(H,40,41)/b21-11+/t28-,30-,34-/m1/s1. The zero-order valence-electron chi connectivity index (χ0n) is 24.7. The number of phenolic OH excluding ortho intramolecular Hbond substituents is 1. The van der Waals surface area contributed by atoms with Crippen LogP contribution >= 0.6 is 0 Å². The number of hydrogen-bond acceptors (Lipinski definition) is 5. The largest absolute Gasteiger partial charge is 0.508 e. The summed E-state index contributed by atoms with van der Waals surface area (Å²) in [5, 5.41) is 33.1. The minimum atomic E-state index is -1.11. The summed E-state index contributed by atoms with van der Waals surface area (Å²) in [5.74, 6) is -1.30. The number of aliphatic hydroxyl groups excluding tert-OH is 1. The fourth-order valence-electron chi connectivity index (χ4n) is 6.11. The highest BCUT2D eigenvalue weighted by atomic mass is 16.5. The molecule has 222 valence electrons. The number of allylic oxidation sites excluding steroid dienone is 4. The third kappa shape index (κ3) is 5.68. The molecule has 5 rings (SSSR count). The SMILES string of the molecule is CC(C)=CCC/C(C)=C/CC[C@@]1(C)Oc2c(c(O)cc3c2CN([C@H](Cc2c[nH]c4ccccc24)C(=O)O)C3=O)C[C@H]1O. The summed E-state index contributed by atoms with van der Waals surface area (Å²) in [6.07, 6.45) is 8.86. The molecule has 1 amide bonds. The van der Waals surface area contributed by atoms with Crippen molar-refractivity contribution >= 4 is 22.8 Å². The molecule has 1 aromatic heterocycles. The van der Waals surface area contributed by atoms with Crippen LogP contribution in [0.3, 0.4) is 0 Å². The lowest BCUT2D eigenvalue weighted by Gasteiger charge is -2.41. The van der Waals surface area contributed by atoms with Gasteiger partial charge in [-0.25, -0.2) is 4.79 Å². The first-order chi connectivity index (χ1) is 20.0. The maximum atomic E-state index is 13.6. The predicted octanol–water partition coefficient (Wildman–Crippen LogP) is 6.05. The molecule has 0 radical (unpaired) electrons. The van der Waals surface area contributed by atoms with E-state index in [2.05, 4.69) is 37.9 Å². The van der Waals surface area contributed by atoms with Crippen molar-refractivity contribution in [1.82, 2.24) is 9.88 Å². The number of benzene rings is 2. The van der Waals surface area contributed by atoms with Gasteiger partial charge in [-0.2, -0.15) is 0 Å². The number of para-hydroxylation sites is 1. The lowest BCUT2D eigenvalue weighted by molar-refractivity contribution is -0.142. The molecular formula is C34H40N2O6. The Kier molecular flexibility index (Phi) is 8.19. The number of aromatic amines is 1. The van der Waals surface area contributed by atoms with E-state index in [4.69, 9.17) is 4.74 Å². The van der Waals surface area contributed by atoms with Crippen LogP contribution in [0.5, 0.6) is 11.5 Å². The number of fused-ring (bicyclic) bond motifs is 4. The van der Waals surface area contributed by atoms with Gasteiger partial charge in [-0.1, -0.05) is 41.5 Å². The van der Waals surface area contributed by atoms with Crippen molar-refractivity contribution in [2.45, 2.75) is 90.5 Å². The fourth-order valence-corrected chi connectivity index (χ4v) is 6.11. The average Bonchev–Trinajstić information content (AvgIpc) is 3.49. The van der Waals surface area contributed by atoms with Crippen LogP contribution in [0.2, 0.25) is 0 Å². The number of rotatable bonds is 10. The van der Waals surface area contributed by atoms with Crippen LogP contribution < -0.4 is 4.74 Å². The number of aromatic hydroxyl groups is 1. The van der Waals surface area contributed by atoms with E-state index >= 15 is 0 Å². The van der Waals surface area contributed by atoms with Crippen LogP contribution in [0.4, 0.5) is 0 Å². The number of nitrogens with zero attached hydrogens (tertiary/aromatic N) is 1. The highest BCUT2D eigenvalue weighted by Gasteiger charge is 2.45. The van der Waals surface area contributed by atoms with E-state index in [1.807, 2.05) is 31.2 Å². The minimum absolute atomic E-state index is 0.0473. The number of hydrogen-bond donors (Lipinski definition) is 4. The Labute approximate surface area is 246 Å². The van der Waals surface area contributed by atoms with Gasteiger partial charge in [0.2, 0.25) is 0 Å². The number of aromatic nitrogens is 1. The topological polar surface area (TPSA) is 123 Å². The van der Waals surface area contributed by atoms with Crippen molar-refractivity contribution in [2.75, 3.05) is 0 Å². The van der Waals surface area contributed by atoms with Crippen molar-refractivity contribution in [3.05, 3.63) is 82.1 Å². The van der Waals surface area contributed by atoms with Gasteiger partial charge in [-0.15, -0.1) is 0 Å². The van der Waals surface area contributed by atoms with E-state index in [0.717, 1.165) is 29.3 Å². The van der Waals surface area contributed by atoms with Crippen molar-refractivity contribution in [3.8, 4) is 11.5 Å². The van der Waals surface area contributed by atoms with Crippen molar-refractivity contribution in [2.24, 2.45) is 0 Å². The average molecular weight is 573 g/mol. The Hall–Kier alpha value is -4.04. The second-order valence-corrected chi connectivity index (χ2v) is 12.1. The molecule has 2 aromatic carbocycles. The number of H-pyrrole nitrogens is 1. The van der Waals surface area contributed by atoms with Gasteiger partial charge in [0, 0.05) is 41.1 Å². The molecule has 3 heterocycles. The Morgan fingerprint density at radius 3 is 2.69 bits per heavy atom. The summed E-state index contributed by atoms with van der Waals surface area (Å²) in [5.41, 5.74) is 4.60. The van der Waals surface area contributed by atoms with Gasteiger partial charge >= 0.3 is 5.97 Å². The van der Waals surface area contributed by atoms with E-state index in [0.29, 0.717) is 29.7 Å². The van der Waals surface area contributed by atoms with Gasteiger partial charge in [0.15, 0.2) is 0 Å². The molecule has 0 saturated heterocycles. The Bertz CT molecular complexity index is 1580. The van der Waals surface area contributed by atoms with E-state index in [-0.39, 0.29) is 30.7 Å². The molecule has 8 heteroatoms. The van der Waals surface area contributed by atoms with Gasteiger partial charge in [0.25, 0.3) is 5.91 Å². The molecular weight excluding hydrogens is 532 g/mol. The zero-order valence-corrected chi connectivity index (χ0v) is 24.7. The zero-order chi connectivity index (χ0) is 30.2. The first-order valence-electron chi connectivity index (χ1n) is 14.6. The summed E-state index contributed by atoms with van der Waals surface area (Å²) in [6, 6.07) is 7.92. The lowest BCUT2D eigenvalue weighted by Crippen LogP contribution is -2.49. The molecule has 3 atom stereocenters. The molecule has 2 aliphatic heterocycles. The Morgan fingerprint density at radius 1 is 1.19 bits per heavy atom. The van der Waals surface area contributed by atoms with Gasteiger partial charge in [0.1, 0.15) is 23.1 Å². The molecule has 8 nitrogen and oxygen atoms in total. The highest BCUT2D eigenvalue weighted by Crippen LogP contribution is 2.46. The Morgan fingerprint density at radius 2 is 1.95 bits per heavy atom. The third-order valence-electron chi connectivity index (χ3n) is 8.70. The van der Waals surface area contributed by atoms with E-state index in [1.54, 1.807) is 6.20 Å². The number of amides is 1. The number of carbonyl (C=O) groups excluding carboxylic acids is 1. The second-order valence-electron chi connectivity index (χ2n) is 12.1. The number of nitrogens with one attached hydrogen (secondary N) is 1. The molecule has 0 spiro atoms. The van der Waals surface area contributed by atoms with Crippen LogP contribution in [-0.4, -0.2) is 54.8 Å². The number of carboxylic acids is 1. The first-order valence-corrected chi connectivity index (χ1v) is 14.6. The molecule has 0 fully saturated rings. The number of ether oxygens (including phenoxy) is 1. The fraction of sp³-hybridized carbons (Fsp3) is 0.412. The predicted molar refractivity (Wildman–Crippen MR) is 162 cm³/mol. The normalized spacial score (nSPS) is 20.7. The monoisotopic (exact) mass is 572 g/mol. The lowest BCUT2D eigenvalue weighted by atomic mass is 9.84. The van der Waals surface area contributed by atoms with Gasteiger partial charge in [0.05, 0.1) is 18.2 Å². The molecule has 0 unspecified atom stereocenters. The van der Waals surface area contributed by atoms with E-state index in [9.17, 15) is 24.9 Å². The summed E-state index contributed by atoms with van der Waals surface area (Å²) in [7, 11) is 0. The molecule has 0 bridgehead atoms. The maximum Gasteiger partial charge on any atom is 0.326 e. The second kappa shape index (κ2) is 11.7. The van der Waals surface area contributed by atoms with Crippen LogP contribution in [0.15, 0.2) is 59.8 Å². The maximum absolute atomic E-state index is 13.6. The van der Waals surface area contributed by atoms with Crippen LogP contribution in [0, 0.1) is 0 Å². The van der Waals surface area contributed by atoms with E-state index < -0.39 is 29.6 Å². The molecule has 4 N–H and O–H groups in total. The van der Waals surface area contributed by atoms with Crippen molar-refractivity contribution in [3.63, 3.8) is 0 Å². The van der Waals surface area contributed by atoms with Gasteiger partial charge in [-0.3, -0.25) is 4.79 Å². The Balaban J connectivity index is 1.38. The number of carbonyl (C=O) groups is 2. The molecule has 42 heavy (non-hydrogen) atoms. The van der Waals surface area contributed by atoms with Crippen LogP contribution in [0.25, 0.3) is 10.9 Å². The van der Waals surface area contributed by atoms with Crippen LogP contribution in [-0.2, 0) is 24.2 Å². The molecule has 3 aromatic rings. The van der Waals surface area contributed by atoms with Crippen LogP contribution in [0.1, 0.15) is 80.4 Å². The quantitative estimate of drug-likeness (QED) is 0.219. The number of carboxylic acid groups (broad SMARTS) is 1. The highest BCUT2D eigenvalue weighted by molar-refractivity contribution is 6.02. The first kappa shape index (κ1) is 29.5.